The van der Waals surface area contributed by atoms with Gasteiger partial charge in [-0.15, -0.1) is 0 Å². The van der Waals surface area contributed by atoms with Gasteiger partial charge in [0.1, 0.15) is 22.1 Å². The molecule has 0 spiro atoms. The summed E-state index contributed by atoms with van der Waals surface area (Å²) in [6, 6.07) is 15.0. The number of primary amides is 1. The van der Waals surface area contributed by atoms with Crippen LogP contribution in [0.15, 0.2) is 59.6 Å². The van der Waals surface area contributed by atoms with Gasteiger partial charge in [0.05, 0.1) is 18.0 Å². The first-order valence-electron chi connectivity index (χ1n) is 11.8. The highest BCUT2D eigenvalue weighted by Crippen LogP contribution is 2.42. The monoisotopic (exact) mass is 527 g/mol. The number of aromatic hydroxyl groups is 1. The first-order chi connectivity index (χ1) is 17.7. The number of phenolic OH excluding ortho intramolecular Hbond substituents is 1. The minimum Gasteiger partial charge on any atom is -0.508 e. The summed E-state index contributed by atoms with van der Waals surface area (Å²) in [6.07, 6.45) is 5.75. The number of amides is 1. The number of nitrogens with zero attached hydrogens (tertiary/aromatic N) is 3. The van der Waals surface area contributed by atoms with Crippen LogP contribution in [0.2, 0.25) is 0 Å². The molecule has 0 aliphatic heterocycles. The van der Waals surface area contributed by atoms with Crippen LogP contribution in [-0.4, -0.2) is 30.8 Å². The Kier molecular flexibility index (Phi) is 7.88. The second-order valence-electron chi connectivity index (χ2n) is 9.28. The van der Waals surface area contributed by atoms with Crippen molar-refractivity contribution in [2.75, 3.05) is 5.32 Å². The van der Waals surface area contributed by atoms with Crippen LogP contribution >= 0.6 is 0 Å². The van der Waals surface area contributed by atoms with Crippen molar-refractivity contribution in [1.29, 1.82) is 5.26 Å². The number of aromatic nitrogens is 2. The standard InChI is InChI=1S/C26H27F2N5O3S/c27-25(28)37(36)21-7-3-19(4-8-21)31-24-22(23(30)35)16-33(32-24)26(13-14-29)11-9-18(10-12-26)15-17-1-5-20(34)6-2-17/h1-8,16,18,25,34H,9-13,15H2,(H2,30,35)(H,31,32). The number of hydrogen-bond acceptors (Lipinski definition) is 6. The zero-order valence-corrected chi connectivity index (χ0v) is 20.8. The highest BCUT2D eigenvalue weighted by atomic mass is 32.2. The molecule has 1 amide bonds. The number of carbonyl (C=O) groups is 1. The van der Waals surface area contributed by atoms with Crippen LogP contribution in [0.4, 0.5) is 20.3 Å². The topological polar surface area (TPSA) is 134 Å². The Labute approximate surface area is 215 Å². The smallest absolute Gasteiger partial charge is 0.316 e. The SMILES string of the molecule is N#CCC1(n2cc(C(N)=O)c(Nc3ccc(S(=O)C(F)F)cc3)n2)CCC(Cc2ccc(O)cc2)CC1. The highest BCUT2D eigenvalue weighted by Gasteiger charge is 2.38. The van der Waals surface area contributed by atoms with Crippen molar-refractivity contribution >= 4 is 28.2 Å². The third-order valence-electron chi connectivity index (χ3n) is 6.88. The Balaban J connectivity index is 1.53. The van der Waals surface area contributed by atoms with E-state index in [1.165, 1.54) is 24.3 Å². The fourth-order valence-electron chi connectivity index (χ4n) is 4.82. The Bertz CT molecular complexity index is 1310. The number of alkyl halides is 2. The van der Waals surface area contributed by atoms with Crippen molar-refractivity contribution in [3.8, 4) is 11.8 Å². The van der Waals surface area contributed by atoms with Crippen molar-refractivity contribution in [2.45, 2.75) is 54.7 Å². The molecule has 4 rings (SSSR count). The third-order valence-corrected chi connectivity index (χ3v) is 7.94. The number of anilines is 2. The summed E-state index contributed by atoms with van der Waals surface area (Å²) in [4.78, 5) is 12.2. The lowest BCUT2D eigenvalue weighted by atomic mass is 9.73. The van der Waals surface area contributed by atoms with Crippen LogP contribution in [0.5, 0.6) is 5.75 Å². The lowest BCUT2D eigenvalue weighted by Crippen LogP contribution is -2.38. The van der Waals surface area contributed by atoms with Gasteiger partial charge in [0, 0.05) is 16.8 Å². The Hall–Kier alpha value is -3.78. The predicted octanol–water partition coefficient (Wildman–Crippen LogP) is 4.80. The van der Waals surface area contributed by atoms with E-state index in [1.807, 2.05) is 12.1 Å². The maximum absolute atomic E-state index is 12.7. The van der Waals surface area contributed by atoms with Crippen LogP contribution in [0, 0.1) is 17.2 Å². The second kappa shape index (κ2) is 11.1. The summed E-state index contributed by atoms with van der Waals surface area (Å²) in [5, 5.41) is 26.7. The molecule has 0 radical (unpaired) electrons. The van der Waals surface area contributed by atoms with E-state index in [4.69, 9.17) is 5.73 Å². The largest absolute Gasteiger partial charge is 0.508 e. The van der Waals surface area contributed by atoms with Crippen LogP contribution in [0.25, 0.3) is 0 Å². The normalized spacial score (nSPS) is 20.3. The highest BCUT2D eigenvalue weighted by molar-refractivity contribution is 7.85. The summed E-state index contributed by atoms with van der Waals surface area (Å²) < 4.78 is 38.7. The van der Waals surface area contributed by atoms with Crippen molar-refractivity contribution in [2.24, 2.45) is 11.7 Å². The van der Waals surface area contributed by atoms with Gasteiger partial charge in [-0.05, 0) is 80.0 Å². The van der Waals surface area contributed by atoms with Gasteiger partial charge in [0.25, 0.3) is 5.91 Å². The van der Waals surface area contributed by atoms with E-state index < -0.39 is 28.0 Å². The van der Waals surface area contributed by atoms with Crippen LogP contribution in [0.1, 0.15) is 48.0 Å². The van der Waals surface area contributed by atoms with Crippen LogP contribution in [-0.2, 0) is 22.8 Å². The van der Waals surface area contributed by atoms with Gasteiger partial charge in [-0.25, -0.2) is 4.21 Å². The van der Waals surface area contributed by atoms with Gasteiger partial charge >= 0.3 is 5.76 Å². The molecule has 2 aromatic carbocycles. The number of nitrogens with one attached hydrogen (secondary N) is 1. The number of nitriles is 1. The van der Waals surface area contributed by atoms with E-state index in [1.54, 1.807) is 23.0 Å². The van der Waals surface area contributed by atoms with E-state index >= 15 is 0 Å². The summed E-state index contributed by atoms with van der Waals surface area (Å²) in [6.45, 7) is 0. The molecule has 1 saturated carbocycles. The molecular weight excluding hydrogens is 500 g/mol. The molecule has 11 heteroatoms. The van der Waals surface area contributed by atoms with Crippen LogP contribution in [0.3, 0.4) is 0 Å². The third kappa shape index (κ3) is 5.97. The fourth-order valence-corrected chi connectivity index (χ4v) is 5.43. The number of carbonyl (C=O) groups excluding carboxylic acids is 1. The molecule has 1 aliphatic carbocycles. The zero-order chi connectivity index (χ0) is 26.6. The van der Waals surface area contributed by atoms with E-state index in [9.17, 15) is 28.2 Å². The van der Waals surface area contributed by atoms with Gasteiger partial charge in [0.15, 0.2) is 5.82 Å². The van der Waals surface area contributed by atoms with Gasteiger partial charge < -0.3 is 16.2 Å². The molecule has 0 saturated heterocycles. The maximum Gasteiger partial charge on any atom is 0.316 e. The number of benzene rings is 2. The minimum atomic E-state index is -2.98. The van der Waals surface area contributed by atoms with Crippen molar-refractivity contribution in [1.82, 2.24) is 9.78 Å². The number of rotatable bonds is 9. The average Bonchev–Trinajstić information content (AvgIpc) is 3.31. The van der Waals surface area contributed by atoms with E-state index in [0.717, 1.165) is 24.8 Å². The molecule has 1 atom stereocenters. The fraction of sp³-hybridized carbons (Fsp3) is 0.346. The van der Waals surface area contributed by atoms with Crippen LogP contribution < -0.4 is 11.1 Å². The Morgan fingerprint density at radius 1 is 1.22 bits per heavy atom. The Morgan fingerprint density at radius 3 is 2.43 bits per heavy atom. The number of nitrogens with two attached hydrogens (primary N) is 1. The molecule has 194 valence electrons. The number of hydrogen-bond donors (Lipinski definition) is 3. The van der Waals surface area contributed by atoms with E-state index in [-0.39, 0.29) is 28.4 Å². The molecule has 1 fully saturated rings. The van der Waals surface area contributed by atoms with Gasteiger partial charge in [-0.1, -0.05) is 12.1 Å². The molecule has 37 heavy (non-hydrogen) atoms. The lowest BCUT2D eigenvalue weighted by Gasteiger charge is -2.39. The first kappa shape index (κ1) is 26.3. The molecule has 8 nitrogen and oxygen atoms in total. The summed E-state index contributed by atoms with van der Waals surface area (Å²) in [5.41, 5.74) is 6.75. The molecule has 3 aromatic rings. The van der Waals surface area contributed by atoms with E-state index in [2.05, 4.69) is 16.5 Å². The lowest BCUT2D eigenvalue weighted by molar-refractivity contribution is 0.1000. The summed E-state index contributed by atoms with van der Waals surface area (Å²) >= 11 is 0. The summed E-state index contributed by atoms with van der Waals surface area (Å²) in [7, 11) is -2.42. The minimum absolute atomic E-state index is 0.0155. The predicted molar refractivity (Wildman–Crippen MR) is 135 cm³/mol. The summed E-state index contributed by atoms with van der Waals surface area (Å²) in [5.74, 6) is -2.84. The van der Waals surface area contributed by atoms with Gasteiger partial charge in [-0.2, -0.15) is 19.1 Å². The molecule has 1 unspecified atom stereocenters. The Morgan fingerprint density at radius 2 is 1.86 bits per heavy atom. The van der Waals surface area contributed by atoms with Crippen molar-refractivity contribution < 1.29 is 22.9 Å². The number of phenols is 1. The van der Waals surface area contributed by atoms with Gasteiger partial charge in [-0.3, -0.25) is 9.48 Å². The molecule has 0 bridgehead atoms. The van der Waals surface area contributed by atoms with E-state index in [0.29, 0.717) is 24.4 Å². The molecular formula is C26H27F2N5O3S. The average molecular weight is 528 g/mol. The quantitative estimate of drug-likeness (QED) is 0.366. The maximum atomic E-state index is 12.7. The molecule has 1 aliphatic rings. The van der Waals surface area contributed by atoms with Gasteiger partial charge in [0.2, 0.25) is 0 Å². The first-order valence-corrected chi connectivity index (χ1v) is 13.0. The van der Waals surface area contributed by atoms with Crippen molar-refractivity contribution in [3.63, 3.8) is 0 Å². The molecule has 1 heterocycles. The van der Waals surface area contributed by atoms with Crippen molar-refractivity contribution in [3.05, 3.63) is 65.9 Å². The second-order valence-corrected chi connectivity index (χ2v) is 10.7. The number of halogens is 2. The zero-order valence-electron chi connectivity index (χ0n) is 19.9. The molecule has 4 N–H and O–H groups in total. The molecule has 1 aromatic heterocycles.